The van der Waals surface area contributed by atoms with Crippen LogP contribution in [0.3, 0.4) is 0 Å². The van der Waals surface area contributed by atoms with E-state index in [4.69, 9.17) is 4.74 Å². The first-order chi connectivity index (χ1) is 12.4. The molecule has 1 heterocycles. The Balaban J connectivity index is 2.08. The first-order valence-electron chi connectivity index (χ1n) is 7.98. The molecule has 0 fully saturated rings. The van der Waals surface area contributed by atoms with E-state index in [0.29, 0.717) is 4.88 Å². The Morgan fingerprint density at radius 2 is 1.88 bits per heavy atom. The Bertz CT molecular complexity index is 847. The fourth-order valence-corrected chi connectivity index (χ4v) is 3.32. The number of ether oxygens (including phenoxy) is 1. The number of benzene rings is 1. The SMILES string of the molecule is CCOc1ccc(C(=O)NNC(=O)c2cc(C)c(CC)s2)cc1[N+](=O)[O-]. The summed E-state index contributed by atoms with van der Waals surface area (Å²) in [6, 6.07) is 5.61. The number of nitrogens with zero attached hydrogens (tertiary/aromatic N) is 1. The van der Waals surface area contributed by atoms with Gasteiger partial charge in [-0.2, -0.15) is 0 Å². The Hall–Kier alpha value is -2.94. The van der Waals surface area contributed by atoms with Crippen molar-refractivity contribution < 1.29 is 19.2 Å². The van der Waals surface area contributed by atoms with Gasteiger partial charge < -0.3 is 4.74 Å². The second-order valence-corrected chi connectivity index (χ2v) is 6.49. The first-order valence-corrected chi connectivity index (χ1v) is 8.80. The minimum Gasteiger partial charge on any atom is -0.487 e. The second kappa shape index (κ2) is 8.43. The molecule has 0 aliphatic carbocycles. The monoisotopic (exact) mass is 377 g/mol. The van der Waals surface area contributed by atoms with Gasteiger partial charge in [-0.25, -0.2) is 0 Å². The van der Waals surface area contributed by atoms with Crippen molar-refractivity contribution in [3.63, 3.8) is 0 Å². The second-order valence-electron chi connectivity index (χ2n) is 5.35. The lowest BCUT2D eigenvalue weighted by Crippen LogP contribution is -2.41. The highest BCUT2D eigenvalue weighted by molar-refractivity contribution is 7.14. The maximum atomic E-state index is 12.2. The number of nitro benzene ring substituents is 1. The van der Waals surface area contributed by atoms with Gasteiger partial charge in [0, 0.05) is 16.5 Å². The van der Waals surface area contributed by atoms with Gasteiger partial charge in [0.1, 0.15) is 0 Å². The van der Waals surface area contributed by atoms with Crippen LogP contribution in [0.2, 0.25) is 0 Å². The Morgan fingerprint density at radius 1 is 1.19 bits per heavy atom. The highest BCUT2D eigenvalue weighted by Gasteiger charge is 2.19. The van der Waals surface area contributed by atoms with Crippen LogP contribution in [0.5, 0.6) is 5.75 Å². The molecule has 8 nitrogen and oxygen atoms in total. The predicted molar refractivity (Wildman–Crippen MR) is 97.6 cm³/mol. The van der Waals surface area contributed by atoms with Crippen molar-refractivity contribution in [1.29, 1.82) is 0 Å². The molecular formula is C17H19N3O5S. The summed E-state index contributed by atoms with van der Waals surface area (Å²) in [5.41, 5.74) is 5.34. The zero-order valence-electron chi connectivity index (χ0n) is 14.6. The number of thiophene rings is 1. The third-order valence-electron chi connectivity index (χ3n) is 3.57. The first kappa shape index (κ1) is 19.4. The molecule has 2 aromatic rings. The summed E-state index contributed by atoms with van der Waals surface area (Å²) in [4.78, 5) is 36.4. The molecule has 2 rings (SSSR count). The van der Waals surface area contributed by atoms with E-state index in [-0.39, 0.29) is 23.6 Å². The van der Waals surface area contributed by atoms with Crippen molar-refractivity contribution >= 4 is 28.8 Å². The molecule has 0 atom stereocenters. The molecule has 9 heteroatoms. The van der Waals surface area contributed by atoms with Crippen LogP contribution in [0.1, 0.15) is 44.3 Å². The Kier molecular flexibility index (Phi) is 6.29. The van der Waals surface area contributed by atoms with Gasteiger partial charge in [0.25, 0.3) is 11.8 Å². The number of hydrogen-bond donors (Lipinski definition) is 2. The molecule has 0 radical (unpaired) electrons. The molecule has 1 aromatic carbocycles. The van der Waals surface area contributed by atoms with Crippen LogP contribution >= 0.6 is 11.3 Å². The predicted octanol–water partition coefficient (Wildman–Crippen LogP) is 3.00. The molecule has 2 amide bonds. The smallest absolute Gasteiger partial charge is 0.311 e. The Morgan fingerprint density at radius 3 is 2.46 bits per heavy atom. The number of carbonyl (C=O) groups excluding carboxylic acids is 2. The summed E-state index contributed by atoms with van der Waals surface area (Å²) in [6.45, 7) is 5.89. The zero-order chi connectivity index (χ0) is 19.3. The van der Waals surface area contributed by atoms with Crippen molar-refractivity contribution in [2.45, 2.75) is 27.2 Å². The largest absolute Gasteiger partial charge is 0.487 e. The van der Waals surface area contributed by atoms with E-state index in [9.17, 15) is 19.7 Å². The van der Waals surface area contributed by atoms with E-state index >= 15 is 0 Å². The van der Waals surface area contributed by atoms with E-state index in [1.54, 1.807) is 13.0 Å². The third kappa shape index (κ3) is 4.37. The number of nitrogens with one attached hydrogen (secondary N) is 2. The summed E-state index contributed by atoms with van der Waals surface area (Å²) in [5, 5.41) is 11.1. The molecular weight excluding hydrogens is 358 g/mol. The number of nitro groups is 1. The molecule has 138 valence electrons. The van der Waals surface area contributed by atoms with Crippen molar-refractivity contribution in [1.82, 2.24) is 10.9 Å². The number of hydrogen-bond acceptors (Lipinski definition) is 6. The lowest BCUT2D eigenvalue weighted by molar-refractivity contribution is -0.385. The van der Waals surface area contributed by atoms with Gasteiger partial charge in [-0.05, 0) is 44.0 Å². The van der Waals surface area contributed by atoms with Gasteiger partial charge in [0.05, 0.1) is 16.4 Å². The van der Waals surface area contributed by atoms with E-state index in [1.165, 1.54) is 23.5 Å². The lowest BCUT2D eigenvalue weighted by Gasteiger charge is -2.08. The van der Waals surface area contributed by atoms with Gasteiger partial charge in [-0.15, -0.1) is 11.3 Å². The quantitative estimate of drug-likeness (QED) is 0.594. The van der Waals surface area contributed by atoms with Gasteiger partial charge in [0.2, 0.25) is 0 Å². The molecule has 0 saturated carbocycles. The highest BCUT2D eigenvalue weighted by atomic mass is 32.1. The van der Waals surface area contributed by atoms with Crippen molar-refractivity contribution in [3.8, 4) is 5.75 Å². The average molecular weight is 377 g/mol. The maximum absolute atomic E-state index is 12.2. The number of aryl methyl sites for hydroxylation is 2. The highest BCUT2D eigenvalue weighted by Crippen LogP contribution is 2.28. The summed E-state index contributed by atoms with van der Waals surface area (Å²) in [6.07, 6.45) is 0.825. The van der Waals surface area contributed by atoms with Gasteiger partial charge >= 0.3 is 5.69 Å². The van der Waals surface area contributed by atoms with E-state index < -0.39 is 16.7 Å². The standard InChI is InChI=1S/C17H19N3O5S/c1-4-14-10(3)8-15(26-14)17(22)19-18-16(21)11-6-7-13(25-5-2)12(9-11)20(23)24/h6-9H,4-5H2,1-3H3,(H,18,21)(H,19,22). The van der Waals surface area contributed by atoms with E-state index in [2.05, 4.69) is 10.9 Å². The van der Waals surface area contributed by atoms with Gasteiger partial charge in [-0.3, -0.25) is 30.6 Å². The number of hydrazine groups is 1. The molecule has 0 aliphatic heterocycles. The number of carbonyl (C=O) groups is 2. The van der Waals surface area contributed by atoms with Crippen LogP contribution in [-0.4, -0.2) is 23.3 Å². The van der Waals surface area contributed by atoms with Crippen molar-refractivity contribution in [3.05, 3.63) is 55.3 Å². The van der Waals surface area contributed by atoms with Crippen LogP contribution in [0.15, 0.2) is 24.3 Å². The molecule has 1 aromatic heterocycles. The van der Waals surface area contributed by atoms with E-state index in [1.807, 2.05) is 13.8 Å². The topological polar surface area (TPSA) is 111 Å². The van der Waals surface area contributed by atoms with Crippen LogP contribution in [-0.2, 0) is 6.42 Å². The minimum absolute atomic E-state index is 0.0389. The molecule has 0 aliphatic rings. The zero-order valence-corrected chi connectivity index (χ0v) is 15.4. The maximum Gasteiger partial charge on any atom is 0.311 e. The molecule has 0 bridgehead atoms. The van der Waals surface area contributed by atoms with Gasteiger partial charge in [0.15, 0.2) is 5.75 Å². The molecule has 26 heavy (non-hydrogen) atoms. The fourth-order valence-electron chi connectivity index (χ4n) is 2.31. The summed E-state index contributed by atoms with van der Waals surface area (Å²) < 4.78 is 5.17. The summed E-state index contributed by atoms with van der Waals surface area (Å²) in [5.74, 6) is -1.01. The number of amides is 2. The average Bonchev–Trinajstić information content (AvgIpc) is 3.00. The molecule has 2 N–H and O–H groups in total. The molecule has 0 saturated heterocycles. The van der Waals surface area contributed by atoms with Gasteiger partial charge in [-0.1, -0.05) is 6.92 Å². The normalized spacial score (nSPS) is 10.3. The fraction of sp³-hybridized carbons (Fsp3) is 0.294. The van der Waals surface area contributed by atoms with E-state index in [0.717, 1.165) is 22.9 Å². The minimum atomic E-state index is -0.659. The van der Waals surface area contributed by atoms with Crippen LogP contribution in [0.4, 0.5) is 5.69 Å². The summed E-state index contributed by atoms with van der Waals surface area (Å²) in [7, 11) is 0. The van der Waals surface area contributed by atoms with Crippen LogP contribution in [0, 0.1) is 17.0 Å². The molecule has 0 spiro atoms. The van der Waals surface area contributed by atoms with Crippen molar-refractivity contribution in [2.75, 3.05) is 6.61 Å². The lowest BCUT2D eigenvalue weighted by atomic mass is 10.2. The van der Waals surface area contributed by atoms with Crippen LogP contribution in [0.25, 0.3) is 0 Å². The Labute approximate surface area is 154 Å². The summed E-state index contributed by atoms with van der Waals surface area (Å²) >= 11 is 1.36. The number of rotatable bonds is 6. The van der Waals surface area contributed by atoms with Crippen LogP contribution < -0.4 is 15.6 Å². The third-order valence-corrected chi connectivity index (χ3v) is 4.95. The molecule has 0 unspecified atom stereocenters. The van der Waals surface area contributed by atoms with Crippen molar-refractivity contribution in [2.24, 2.45) is 0 Å².